The van der Waals surface area contributed by atoms with Crippen molar-refractivity contribution in [3.05, 3.63) is 144 Å². The predicted molar refractivity (Wildman–Crippen MR) is 186 cm³/mol. The largest absolute Gasteiger partial charge is 0.649 e. The minimum absolute atomic E-state index is 0.0309. The molecule has 1 saturated heterocycles. The summed E-state index contributed by atoms with van der Waals surface area (Å²) in [5, 5.41) is 0. The average Bonchev–Trinajstić information content (AvgIpc) is 3.29. The van der Waals surface area contributed by atoms with Crippen LogP contribution in [0.15, 0.2) is 133 Å². The van der Waals surface area contributed by atoms with Crippen LogP contribution in [-0.4, -0.2) is 50.5 Å². The molecule has 11 heteroatoms. The van der Waals surface area contributed by atoms with Crippen molar-refractivity contribution in [1.82, 2.24) is 0 Å². The minimum atomic E-state index is -4.33. The molecule has 10 nitrogen and oxygen atoms in total. The molecule has 0 radical (unpaired) electrons. The van der Waals surface area contributed by atoms with Gasteiger partial charge in [-0.15, -0.1) is 0 Å². The summed E-state index contributed by atoms with van der Waals surface area (Å²) in [4.78, 5) is 0. The third-order valence-corrected chi connectivity index (χ3v) is 9.64. The Balaban J connectivity index is 1.25. The van der Waals surface area contributed by atoms with Gasteiger partial charge in [-0.2, -0.15) is 4.57 Å². The number of phosphoric acid groups is 1. The van der Waals surface area contributed by atoms with Crippen molar-refractivity contribution < 1.29 is 46.6 Å². The van der Waals surface area contributed by atoms with Crippen LogP contribution in [0.25, 0.3) is 0 Å². The number of para-hydroxylation sites is 2. The Morgan fingerprint density at radius 1 is 0.740 bits per heavy atom. The van der Waals surface area contributed by atoms with Crippen molar-refractivity contribution in [2.75, 3.05) is 20.5 Å². The Morgan fingerprint density at radius 2 is 1.30 bits per heavy atom. The number of hydrogen-bond acceptors (Lipinski definition) is 10. The second-order valence-corrected chi connectivity index (χ2v) is 13.7. The van der Waals surface area contributed by atoms with Gasteiger partial charge in [0.05, 0.1) is 32.0 Å². The molecule has 0 spiro atoms. The highest BCUT2D eigenvalue weighted by Gasteiger charge is 2.52. The first-order chi connectivity index (χ1) is 24.4. The van der Waals surface area contributed by atoms with Gasteiger partial charge in [0.25, 0.3) is 5.95 Å². The van der Waals surface area contributed by atoms with E-state index in [-0.39, 0.29) is 19.3 Å². The average molecular weight is 703 g/mol. The second-order valence-electron chi connectivity index (χ2n) is 12.3. The summed E-state index contributed by atoms with van der Waals surface area (Å²) < 4.78 is 69.7. The highest BCUT2D eigenvalue weighted by molar-refractivity contribution is 7.49. The van der Waals surface area contributed by atoms with Crippen LogP contribution in [-0.2, 0) is 50.7 Å². The number of benzene rings is 4. The molecular formula is C39H43O10P. The van der Waals surface area contributed by atoms with Crippen LogP contribution >= 0.6 is 7.82 Å². The summed E-state index contributed by atoms with van der Waals surface area (Å²) in [5.74, 6) is 0.580. The molecule has 2 heterocycles. The molecular weight excluding hydrogens is 659 g/mol. The Kier molecular flexibility index (Phi) is 12.3. The maximum absolute atomic E-state index is 14.3. The zero-order valence-electron chi connectivity index (χ0n) is 28.2. The van der Waals surface area contributed by atoms with Gasteiger partial charge in [-0.3, -0.25) is 0 Å². The van der Waals surface area contributed by atoms with Crippen molar-refractivity contribution in [1.29, 1.82) is 0 Å². The van der Waals surface area contributed by atoms with E-state index in [1.54, 1.807) is 61.7 Å². The Bertz CT molecular complexity index is 1630. The van der Waals surface area contributed by atoms with Gasteiger partial charge in [-0.25, -0.2) is 0 Å². The number of fused-ring (bicyclic) bond motifs is 1. The molecule has 0 aromatic heterocycles. The van der Waals surface area contributed by atoms with Crippen molar-refractivity contribution >= 4 is 7.82 Å². The lowest BCUT2D eigenvalue weighted by atomic mass is 9.86. The van der Waals surface area contributed by atoms with Gasteiger partial charge in [0, 0.05) is 20.0 Å². The van der Waals surface area contributed by atoms with E-state index >= 15 is 0 Å². The molecule has 0 saturated carbocycles. The molecule has 2 aliphatic rings. The lowest BCUT2D eigenvalue weighted by Crippen LogP contribution is -2.61. The van der Waals surface area contributed by atoms with Crippen molar-refractivity contribution in [3.8, 4) is 11.5 Å². The quantitative estimate of drug-likeness (QED) is 0.0839. The molecule has 4 aromatic rings. The summed E-state index contributed by atoms with van der Waals surface area (Å²) >= 11 is 0. The number of rotatable bonds is 16. The van der Waals surface area contributed by atoms with Gasteiger partial charge in [-0.1, -0.05) is 97.1 Å². The summed E-state index contributed by atoms with van der Waals surface area (Å²) in [6.07, 6.45) is 0.168. The summed E-state index contributed by atoms with van der Waals surface area (Å²) in [6, 6.07) is 37.3. The van der Waals surface area contributed by atoms with E-state index < -0.39 is 37.8 Å². The number of methoxy groups -OCH3 is 1. The van der Waals surface area contributed by atoms with Crippen molar-refractivity contribution in [3.63, 3.8) is 0 Å². The summed E-state index contributed by atoms with van der Waals surface area (Å²) in [7, 11) is -2.77. The first-order valence-electron chi connectivity index (χ1n) is 16.6. The zero-order valence-corrected chi connectivity index (χ0v) is 29.1. The maximum Gasteiger partial charge on any atom is 0.649 e. The van der Waals surface area contributed by atoms with Gasteiger partial charge >= 0.3 is 7.82 Å². The smallest absolute Gasteiger partial charge is 0.459 e. The molecule has 0 amide bonds. The van der Waals surface area contributed by atoms with E-state index in [1.165, 1.54) is 0 Å². The SMILES string of the molecule is COCO[C@H]1CC=C(OP(=O)(Oc2ccccc2)Oc2ccccc2)O[C@@H]2C[C@H](OCc3ccccc3)[C@@](C)(COCc3ccccc3)O[C@@H]12. The Morgan fingerprint density at radius 3 is 1.88 bits per heavy atom. The van der Waals surface area contributed by atoms with E-state index in [9.17, 15) is 4.57 Å². The van der Waals surface area contributed by atoms with E-state index in [0.29, 0.717) is 37.6 Å². The topological polar surface area (TPSA) is 100 Å². The highest BCUT2D eigenvalue weighted by atomic mass is 31.2. The zero-order chi connectivity index (χ0) is 34.7. The summed E-state index contributed by atoms with van der Waals surface area (Å²) in [5.41, 5.74) is 1.19. The second kappa shape index (κ2) is 17.2. The van der Waals surface area contributed by atoms with Crippen molar-refractivity contribution in [2.45, 2.75) is 63.0 Å². The molecule has 50 heavy (non-hydrogen) atoms. The first kappa shape index (κ1) is 35.7. The lowest BCUT2D eigenvalue weighted by molar-refractivity contribution is -0.279. The van der Waals surface area contributed by atoms with Crippen LogP contribution in [0, 0.1) is 0 Å². The molecule has 0 bridgehead atoms. The number of hydrogen-bond donors (Lipinski definition) is 0. The van der Waals surface area contributed by atoms with Gasteiger partial charge in [0.2, 0.25) is 0 Å². The van der Waals surface area contributed by atoms with Crippen LogP contribution in [0.1, 0.15) is 30.9 Å². The van der Waals surface area contributed by atoms with E-state index in [0.717, 1.165) is 11.1 Å². The van der Waals surface area contributed by atoms with Gasteiger partial charge in [0.15, 0.2) is 0 Å². The predicted octanol–water partition coefficient (Wildman–Crippen LogP) is 8.24. The molecule has 6 rings (SSSR count). The normalized spacial score (nSPS) is 23.4. The van der Waals surface area contributed by atoms with Gasteiger partial charge in [-0.05, 0) is 48.4 Å². The van der Waals surface area contributed by atoms with Gasteiger partial charge < -0.3 is 42.0 Å². The molecule has 2 aliphatic heterocycles. The van der Waals surface area contributed by atoms with Crippen LogP contribution in [0.5, 0.6) is 11.5 Å². The van der Waals surface area contributed by atoms with E-state index in [2.05, 4.69) is 0 Å². The lowest BCUT2D eigenvalue weighted by Gasteiger charge is -2.48. The van der Waals surface area contributed by atoms with E-state index in [1.807, 2.05) is 79.7 Å². The van der Waals surface area contributed by atoms with Gasteiger partial charge in [0.1, 0.15) is 36.1 Å². The number of ether oxygens (including phenoxy) is 6. The maximum atomic E-state index is 14.3. The molecule has 5 atom stereocenters. The van der Waals surface area contributed by atoms with E-state index in [4.69, 9.17) is 42.0 Å². The fourth-order valence-corrected chi connectivity index (χ4v) is 7.09. The molecule has 0 aliphatic carbocycles. The fraction of sp³-hybridized carbons (Fsp3) is 0.333. The number of phosphoric ester groups is 1. The molecule has 0 N–H and O–H groups in total. The minimum Gasteiger partial charge on any atom is -0.459 e. The third kappa shape index (κ3) is 9.75. The molecule has 264 valence electrons. The standard InChI is InChI=1S/C39H43O10P/c1-39(28-42-26-30-15-7-3-8-16-30)36(43-27-31-17-9-4-10-18-31)25-35-38(46-39)34(44-29-41-2)23-24-37(45-35)49-50(40,47-32-19-11-5-12-20-32)48-33-21-13-6-14-22-33/h3-22,24,34-36,38H,23,25-29H2,1-2H3/t34-,35+,36-,38-,39+/m0/s1. The molecule has 1 fully saturated rings. The fourth-order valence-electron chi connectivity index (χ4n) is 5.88. The van der Waals surface area contributed by atoms with Crippen LogP contribution in [0.2, 0.25) is 0 Å². The van der Waals surface area contributed by atoms with Crippen molar-refractivity contribution in [2.24, 2.45) is 0 Å². The van der Waals surface area contributed by atoms with Crippen LogP contribution in [0.3, 0.4) is 0 Å². The summed E-state index contributed by atoms with van der Waals surface area (Å²) in [6.45, 7) is 3.04. The van der Waals surface area contributed by atoms with Crippen LogP contribution < -0.4 is 9.05 Å². The van der Waals surface area contributed by atoms with Crippen LogP contribution in [0.4, 0.5) is 0 Å². The Hall–Kier alpha value is -4.15. The highest BCUT2D eigenvalue weighted by Crippen LogP contribution is 2.52. The molecule has 4 aromatic carbocycles. The monoisotopic (exact) mass is 702 g/mol. The third-order valence-electron chi connectivity index (χ3n) is 8.37. The molecule has 0 unspecified atom stereocenters. The first-order valence-corrected chi connectivity index (χ1v) is 18.1. The Labute approximate surface area is 293 Å².